The predicted molar refractivity (Wildman–Crippen MR) is 147 cm³/mol. The molecule has 0 unspecified atom stereocenters. The zero-order chi connectivity index (χ0) is 26.4. The van der Waals surface area contributed by atoms with Crippen molar-refractivity contribution in [2.45, 2.75) is 20.5 Å². The van der Waals surface area contributed by atoms with E-state index in [0.29, 0.717) is 27.8 Å². The molecule has 6 nitrogen and oxygen atoms in total. The van der Waals surface area contributed by atoms with Gasteiger partial charge in [0.15, 0.2) is 0 Å². The molecule has 4 rings (SSSR count). The Hall–Kier alpha value is -3.81. The van der Waals surface area contributed by atoms with E-state index in [0.717, 1.165) is 28.5 Å². The summed E-state index contributed by atoms with van der Waals surface area (Å²) in [7, 11) is 0. The van der Waals surface area contributed by atoms with Gasteiger partial charge >= 0.3 is 5.97 Å². The minimum absolute atomic E-state index is 0.0957. The van der Waals surface area contributed by atoms with Gasteiger partial charge in [-0.2, -0.15) is 0 Å². The highest BCUT2D eigenvalue weighted by Gasteiger charge is 2.34. The zero-order valence-corrected chi connectivity index (χ0v) is 21.8. The van der Waals surface area contributed by atoms with Gasteiger partial charge in [0.1, 0.15) is 28.7 Å². The highest BCUT2D eigenvalue weighted by atomic mass is 35.5. The van der Waals surface area contributed by atoms with Gasteiger partial charge in [0.2, 0.25) is 0 Å². The summed E-state index contributed by atoms with van der Waals surface area (Å²) in [6.07, 6.45) is 1.71. The average molecular weight is 534 g/mol. The Labute approximate surface area is 224 Å². The van der Waals surface area contributed by atoms with Crippen molar-refractivity contribution < 1.29 is 24.2 Å². The Morgan fingerprint density at radius 1 is 1.03 bits per heavy atom. The number of aliphatic hydroxyl groups is 1. The molecule has 1 N–H and O–H groups in total. The number of aryl methyl sites for hydroxylation is 1. The first-order valence-electron chi connectivity index (χ1n) is 11.5. The molecule has 0 fully saturated rings. The molecule has 1 aliphatic rings. The Morgan fingerprint density at radius 3 is 2.41 bits per heavy atom. The standard InChI is InChI=1S/C29H24ClNO5S/c1-3-35-29(34)25-26(32)24(37-28(25)31-27(33)23-7-5-4-6-18(23)2)16-19-10-14-22(15-11-19)36-17-20-8-12-21(30)13-9-20/h4-16,32H,3,17H2,1-2H3/b24-16-,31-28?. The van der Waals surface area contributed by atoms with Crippen molar-refractivity contribution in [2.24, 2.45) is 4.99 Å². The molecule has 1 aliphatic heterocycles. The maximum Gasteiger partial charge on any atom is 0.344 e. The molecule has 188 valence electrons. The van der Waals surface area contributed by atoms with Crippen LogP contribution >= 0.6 is 23.4 Å². The number of amides is 1. The van der Waals surface area contributed by atoms with Crippen molar-refractivity contribution in [3.05, 3.63) is 116 Å². The highest BCUT2D eigenvalue weighted by molar-refractivity contribution is 8.18. The lowest BCUT2D eigenvalue weighted by Crippen LogP contribution is -2.14. The Kier molecular flexibility index (Phi) is 8.48. The first kappa shape index (κ1) is 26.3. The van der Waals surface area contributed by atoms with Gasteiger partial charge in [-0.1, -0.05) is 65.8 Å². The molecule has 3 aromatic carbocycles. The SMILES string of the molecule is CCOC(=O)C1=C(O)/C(=C/c2ccc(OCc3ccc(Cl)cc3)cc2)SC1=NC(=O)c1ccccc1C. The molecular formula is C29H24ClNO5S. The third-order valence-corrected chi connectivity index (χ3v) is 6.72. The van der Waals surface area contributed by atoms with E-state index in [9.17, 15) is 14.7 Å². The molecule has 0 spiro atoms. The number of aliphatic imine (C=N–C) groups is 1. The molecule has 0 saturated heterocycles. The van der Waals surface area contributed by atoms with Crippen molar-refractivity contribution in [2.75, 3.05) is 6.61 Å². The van der Waals surface area contributed by atoms with Crippen LogP contribution in [-0.2, 0) is 16.1 Å². The van der Waals surface area contributed by atoms with Crippen LogP contribution in [0.1, 0.15) is 34.0 Å². The largest absolute Gasteiger partial charge is 0.506 e. The van der Waals surface area contributed by atoms with Gasteiger partial charge in [-0.25, -0.2) is 9.79 Å². The molecule has 0 saturated carbocycles. The molecule has 8 heteroatoms. The number of aliphatic hydroxyl groups excluding tert-OH is 1. The number of halogens is 1. The first-order valence-corrected chi connectivity index (χ1v) is 12.7. The van der Waals surface area contributed by atoms with Crippen LogP contribution < -0.4 is 4.74 Å². The van der Waals surface area contributed by atoms with E-state index in [1.807, 2.05) is 67.6 Å². The maximum atomic E-state index is 12.8. The second kappa shape index (κ2) is 12.0. The van der Waals surface area contributed by atoms with Gasteiger partial charge in [-0.3, -0.25) is 4.79 Å². The summed E-state index contributed by atoms with van der Waals surface area (Å²) in [6.45, 7) is 3.99. The minimum Gasteiger partial charge on any atom is -0.506 e. The second-order valence-corrected chi connectivity index (χ2v) is 9.54. The van der Waals surface area contributed by atoms with Gasteiger partial charge in [0.05, 0.1) is 11.5 Å². The summed E-state index contributed by atoms with van der Waals surface area (Å²) < 4.78 is 10.9. The number of nitrogens with zero attached hydrogens (tertiary/aromatic N) is 1. The number of rotatable bonds is 7. The molecule has 1 heterocycles. The number of ether oxygens (including phenoxy) is 2. The van der Waals surface area contributed by atoms with E-state index < -0.39 is 11.9 Å². The zero-order valence-electron chi connectivity index (χ0n) is 20.2. The number of thioether (sulfide) groups is 1. The predicted octanol–water partition coefficient (Wildman–Crippen LogP) is 6.93. The third-order valence-electron chi connectivity index (χ3n) is 5.45. The minimum atomic E-state index is -0.738. The van der Waals surface area contributed by atoms with E-state index in [1.165, 1.54) is 0 Å². The molecule has 0 bridgehead atoms. The van der Waals surface area contributed by atoms with Gasteiger partial charge in [-0.05, 0) is 66.9 Å². The van der Waals surface area contributed by atoms with Gasteiger partial charge in [0, 0.05) is 10.6 Å². The van der Waals surface area contributed by atoms with Gasteiger partial charge < -0.3 is 14.6 Å². The van der Waals surface area contributed by atoms with Crippen molar-refractivity contribution in [1.82, 2.24) is 0 Å². The summed E-state index contributed by atoms with van der Waals surface area (Å²) in [6, 6.07) is 21.8. The Balaban J connectivity index is 1.55. The molecule has 0 aliphatic carbocycles. The van der Waals surface area contributed by atoms with Crippen molar-refractivity contribution in [3.63, 3.8) is 0 Å². The number of carbonyl (C=O) groups is 2. The molecule has 3 aromatic rings. The lowest BCUT2D eigenvalue weighted by molar-refractivity contribution is -0.138. The molecule has 1 amide bonds. The average Bonchev–Trinajstić information content (AvgIpc) is 3.19. The summed E-state index contributed by atoms with van der Waals surface area (Å²) in [5.41, 5.74) is 2.82. The summed E-state index contributed by atoms with van der Waals surface area (Å²) in [5.74, 6) is -0.839. The third kappa shape index (κ3) is 6.50. The first-order chi connectivity index (χ1) is 17.9. The summed E-state index contributed by atoms with van der Waals surface area (Å²) in [5, 5.41) is 11.6. The van der Waals surface area contributed by atoms with Crippen LogP contribution in [-0.4, -0.2) is 28.6 Å². The van der Waals surface area contributed by atoms with Crippen LogP contribution in [0.5, 0.6) is 5.75 Å². The van der Waals surface area contributed by atoms with Crippen LogP contribution in [0, 0.1) is 6.92 Å². The van der Waals surface area contributed by atoms with Crippen molar-refractivity contribution in [1.29, 1.82) is 0 Å². The van der Waals surface area contributed by atoms with Crippen LogP contribution in [0.2, 0.25) is 5.02 Å². The molecular weight excluding hydrogens is 510 g/mol. The number of carbonyl (C=O) groups excluding carboxylic acids is 2. The van der Waals surface area contributed by atoms with Crippen molar-refractivity contribution >= 4 is 46.4 Å². The van der Waals surface area contributed by atoms with Crippen LogP contribution in [0.3, 0.4) is 0 Å². The van der Waals surface area contributed by atoms with E-state index >= 15 is 0 Å². The van der Waals surface area contributed by atoms with Gasteiger partial charge in [-0.15, -0.1) is 0 Å². The van der Waals surface area contributed by atoms with E-state index in [2.05, 4.69) is 4.99 Å². The van der Waals surface area contributed by atoms with Crippen LogP contribution in [0.15, 0.2) is 94.0 Å². The van der Waals surface area contributed by atoms with Crippen molar-refractivity contribution in [3.8, 4) is 5.75 Å². The van der Waals surface area contributed by atoms with Crippen LogP contribution in [0.25, 0.3) is 6.08 Å². The molecule has 0 atom stereocenters. The van der Waals surface area contributed by atoms with Crippen LogP contribution in [0.4, 0.5) is 0 Å². The smallest absolute Gasteiger partial charge is 0.344 e. The Morgan fingerprint density at radius 2 is 1.73 bits per heavy atom. The van der Waals surface area contributed by atoms with E-state index in [-0.39, 0.29) is 23.0 Å². The second-order valence-electron chi connectivity index (χ2n) is 8.08. The van der Waals surface area contributed by atoms with E-state index in [1.54, 1.807) is 25.1 Å². The van der Waals surface area contributed by atoms with E-state index in [4.69, 9.17) is 21.1 Å². The fourth-order valence-electron chi connectivity index (χ4n) is 3.52. The lowest BCUT2D eigenvalue weighted by Gasteiger charge is -2.07. The number of hydrogen-bond donors (Lipinski definition) is 1. The summed E-state index contributed by atoms with van der Waals surface area (Å²) >= 11 is 6.96. The highest BCUT2D eigenvalue weighted by Crippen LogP contribution is 2.39. The Bertz CT molecular complexity index is 1410. The summed E-state index contributed by atoms with van der Waals surface area (Å²) in [4.78, 5) is 30.0. The normalized spacial score (nSPS) is 15.3. The number of hydrogen-bond acceptors (Lipinski definition) is 6. The molecule has 37 heavy (non-hydrogen) atoms. The fourth-order valence-corrected chi connectivity index (χ4v) is 4.65. The maximum absolute atomic E-state index is 12.8. The number of esters is 1. The monoisotopic (exact) mass is 533 g/mol. The van der Waals surface area contributed by atoms with Gasteiger partial charge in [0.25, 0.3) is 5.91 Å². The molecule has 0 aromatic heterocycles. The topological polar surface area (TPSA) is 85.2 Å². The quantitative estimate of drug-likeness (QED) is 0.331. The number of benzene rings is 3. The molecule has 0 radical (unpaired) electrons. The lowest BCUT2D eigenvalue weighted by atomic mass is 10.1. The fraction of sp³-hybridized carbons (Fsp3) is 0.138.